The fraction of sp³-hybridized carbons (Fsp3) is 0.462. The van der Waals surface area contributed by atoms with Crippen LogP contribution in [0.2, 0.25) is 5.02 Å². The van der Waals surface area contributed by atoms with Gasteiger partial charge in [0.25, 0.3) is 0 Å². The third kappa shape index (κ3) is 1.81. The molecule has 0 radical (unpaired) electrons. The highest BCUT2D eigenvalue weighted by Crippen LogP contribution is 2.42. The number of carbonyl (C=O) groups is 1. The van der Waals surface area contributed by atoms with E-state index in [1.165, 1.54) is 0 Å². The summed E-state index contributed by atoms with van der Waals surface area (Å²) in [6.07, 6.45) is 4.24. The van der Waals surface area contributed by atoms with Gasteiger partial charge in [-0.05, 0) is 37.5 Å². The number of carbonyl (C=O) groups excluding carboxylic acids is 1. The quantitative estimate of drug-likeness (QED) is 0.745. The monoisotopic (exact) mass is 222 g/mol. The van der Waals surface area contributed by atoms with Crippen LogP contribution in [0.1, 0.15) is 38.2 Å². The van der Waals surface area contributed by atoms with Crippen molar-refractivity contribution in [3.8, 4) is 0 Å². The molecule has 1 fully saturated rings. The number of benzene rings is 1. The van der Waals surface area contributed by atoms with Gasteiger partial charge in [0, 0.05) is 5.02 Å². The second-order valence-electron chi connectivity index (χ2n) is 4.36. The van der Waals surface area contributed by atoms with E-state index >= 15 is 0 Å². The van der Waals surface area contributed by atoms with Crippen molar-refractivity contribution in [3.05, 3.63) is 34.9 Å². The Morgan fingerprint density at radius 2 is 2.00 bits per heavy atom. The Bertz CT molecular complexity index is 378. The van der Waals surface area contributed by atoms with E-state index in [0.29, 0.717) is 0 Å². The Labute approximate surface area is 95.4 Å². The highest BCUT2D eigenvalue weighted by Gasteiger charge is 2.39. The molecule has 15 heavy (non-hydrogen) atoms. The van der Waals surface area contributed by atoms with E-state index < -0.39 is 0 Å². The first-order valence-electron chi connectivity index (χ1n) is 5.42. The van der Waals surface area contributed by atoms with Crippen LogP contribution in [0.5, 0.6) is 0 Å². The van der Waals surface area contributed by atoms with Gasteiger partial charge in [0.1, 0.15) is 5.78 Å². The molecule has 2 heteroatoms. The van der Waals surface area contributed by atoms with E-state index in [9.17, 15) is 4.79 Å². The predicted molar refractivity (Wildman–Crippen MR) is 62.3 cm³/mol. The van der Waals surface area contributed by atoms with Crippen LogP contribution in [0.3, 0.4) is 0 Å². The van der Waals surface area contributed by atoms with E-state index in [0.717, 1.165) is 36.3 Å². The Balaban J connectivity index is 2.45. The zero-order valence-electron chi connectivity index (χ0n) is 8.92. The van der Waals surface area contributed by atoms with Crippen LogP contribution in [-0.2, 0) is 10.2 Å². The molecule has 1 nitrogen and oxygen atoms in total. The SMILES string of the molecule is CC(=O)C1(c2cccc(Cl)c2)CCCC1. The molecule has 0 heterocycles. The maximum Gasteiger partial charge on any atom is 0.140 e. The molecule has 1 aliphatic rings. The van der Waals surface area contributed by atoms with Gasteiger partial charge in [-0.1, -0.05) is 36.6 Å². The fourth-order valence-electron chi connectivity index (χ4n) is 2.61. The average molecular weight is 223 g/mol. The Kier molecular flexibility index (Phi) is 2.83. The van der Waals surface area contributed by atoms with Gasteiger partial charge >= 0.3 is 0 Å². The number of rotatable bonds is 2. The largest absolute Gasteiger partial charge is 0.299 e. The first kappa shape index (κ1) is 10.7. The molecule has 1 aliphatic carbocycles. The van der Waals surface area contributed by atoms with Crippen LogP contribution in [-0.4, -0.2) is 5.78 Å². The lowest BCUT2D eigenvalue weighted by Crippen LogP contribution is -2.30. The molecule has 0 aromatic heterocycles. The topological polar surface area (TPSA) is 17.1 Å². The Hall–Kier alpha value is -0.820. The molecule has 0 aliphatic heterocycles. The first-order chi connectivity index (χ1) is 7.15. The summed E-state index contributed by atoms with van der Waals surface area (Å²) in [5.41, 5.74) is 0.852. The molecule has 1 aromatic rings. The minimum Gasteiger partial charge on any atom is -0.299 e. The van der Waals surface area contributed by atoms with Crippen molar-refractivity contribution in [2.45, 2.75) is 38.0 Å². The normalized spacial score (nSPS) is 19.1. The summed E-state index contributed by atoms with van der Waals surface area (Å²) in [6.45, 7) is 1.70. The van der Waals surface area contributed by atoms with E-state index in [2.05, 4.69) is 0 Å². The van der Waals surface area contributed by atoms with Crippen molar-refractivity contribution in [1.82, 2.24) is 0 Å². The van der Waals surface area contributed by atoms with Crippen molar-refractivity contribution in [2.24, 2.45) is 0 Å². The van der Waals surface area contributed by atoms with Gasteiger partial charge in [-0.2, -0.15) is 0 Å². The molecule has 0 N–H and O–H groups in total. The molecule has 0 amide bonds. The molecular formula is C13H15ClO. The molecule has 0 unspecified atom stereocenters. The summed E-state index contributed by atoms with van der Waals surface area (Å²) < 4.78 is 0. The zero-order chi connectivity index (χ0) is 10.9. The molecule has 1 saturated carbocycles. The van der Waals surface area contributed by atoms with Gasteiger partial charge in [-0.25, -0.2) is 0 Å². The van der Waals surface area contributed by atoms with Crippen molar-refractivity contribution in [1.29, 1.82) is 0 Å². The fourth-order valence-corrected chi connectivity index (χ4v) is 2.80. The van der Waals surface area contributed by atoms with Crippen molar-refractivity contribution >= 4 is 17.4 Å². The highest BCUT2D eigenvalue weighted by atomic mass is 35.5. The van der Waals surface area contributed by atoms with Gasteiger partial charge < -0.3 is 0 Å². The molecule has 0 saturated heterocycles. The molecule has 1 aromatic carbocycles. The zero-order valence-corrected chi connectivity index (χ0v) is 9.68. The molecule has 80 valence electrons. The summed E-state index contributed by atoms with van der Waals surface area (Å²) >= 11 is 5.98. The summed E-state index contributed by atoms with van der Waals surface area (Å²) in [6, 6.07) is 7.75. The third-order valence-electron chi connectivity index (χ3n) is 3.51. The summed E-state index contributed by atoms with van der Waals surface area (Å²) in [5.74, 6) is 0.280. The van der Waals surface area contributed by atoms with E-state index in [-0.39, 0.29) is 11.2 Å². The lowest BCUT2D eigenvalue weighted by atomic mass is 9.76. The van der Waals surface area contributed by atoms with Gasteiger partial charge in [-0.15, -0.1) is 0 Å². The second-order valence-corrected chi connectivity index (χ2v) is 4.79. The summed E-state index contributed by atoms with van der Waals surface area (Å²) in [4.78, 5) is 11.8. The minimum atomic E-state index is -0.245. The number of halogens is 1. The van der Waals surface area contributed by atoms with Gasteiger partial charge in [-0.3, -0.25) is 4.79 Å². The van der Waals surface area contributed by atoms with Crippen LogP contribution in [0.25, 0.3) is 0 Å². The maximum absolute atomic E-state index is 11.8. The van der Waals surface area contributed by atoms with Crippen LogP contribution in [0.4, 0.5) is 0 Å². The third-order valence-corrected chi connectivity index (χ3v) is 3.74. The number of Topliss-reactive ketones (excluding diaryl/α,β-unsaturated/α-hetero) is 1. The Morgan fingerprint density at radius 1 is 1.33 bits per heavy atom. The van der Waals surface area contributed by atoms with Crippen molar-refractivity contribution in [2.75, 3.05) is 0 Å². The highest BCUT2D eigenvalue weighted by molar-refractivity contribution is 6.30. The van der Waals surface area contributed by atoms with Gasteiger partial charge in [0.15, 0.2) is 0 Å². The minimum absolute atomic E-state index is 0.245. The average Bonchev–Trinajstić information content (AvgIpc) is 2.67. The number of ketones is 1. The van der Waals surface area contributed by atoms with E-state index in [1.54, 1.807) is 6.92 Å². The predicted octanol–water partition coefficient (Wildman–Crippen LogP) is 3.74. The maximum atomic E-state index is 11.8. The molecule has 0 spiro atoms. The summed E-state index contributed by atoms with van der Waals surface area (Å²) in [5, 5.41) is 0.722. The lowest BCUT2D eigenvalue weighted by molar-refractivity contribution is -0.122. The van der Waals surface area contributed by atoms with E-state index in [1.807, 2.05) is 24.3 Å². The van der Waals surface area contributed by atoms with Crippen molar-refractivity contribution < 1.29 is 4.79 Å². The van der Waals surface area contributed by atoms with Crippen LogP contribution in [0.15, 0.2) is 24.3 Å². The van der Waals surface area contributed by atoms with Crippen molar-refractivity contribution in [3.63, 3.8) is 0 Å². The molecule has 0 bridgehead atoms. The van der Waals surface area contributed by atoms with Crippen LogP contribution < -0.4 is 0 Å². The van der Waals surface area contributed by atoms with Crippen LogP contribution >= 0.6 is 11.6 Å². The van der Waals surface area contributed by atoms with Crippen LogP contribution in [0, 0.1) is 0 Å². The van der Waals surface area contributed by atoms with Gasteiger partial charge in [0.2, 0.25) is 0 Å². The number of hydrogen-bond acceptors (Lipinski definition) is 1. The smallest absolute Gasteiger partial charge is 0.140 e. The van der Waals surface area contributed by atoms with Gasteiger partial charge in [0.05, 0.1) is 5.41 Å². The summed E-state index contributed by atoms with van der Waals surface area (Å²) in [7, 11) is 0. The number of hydrogen-bond donors (Lipinski definition) is 0. The standard InChI is InChI=1S/C13H15ClO/c1-10(15)13(7-2-3-8-13)11-5-4-6-12(14)9-11/h4-6,9H,2-3,7-8H2,1H3. The second kappa shape index (κ2) is 3.97. The molecular weight excluding hydrogens is 208 g/mol. The lowest BCUT2D eigenvalue weighted by Gasteiger charge is -2.26. The van der Waals surface area contributed by atoms with E-state index in [4.69, 9.17) is 11.6 Å². The molecule has 2 rings (SSSR count). The Morgan fingerprint density at radius 3 is 2.53 bits per heavy atom. The first-order valence-corrected chi connectivity index (χ1v) is 5.80. The molecule has 0 atom stereocenters.